The smallest absolute Gasteiger partial charge is 0.270 e. The summed E-state index contributed by atoms with van der Waals surface area (Å²) < 4.78 is 0. The molecule has 2 aromatic carbocycles. The van der Waals surface area contributed by atoms with Crippen molar-refractivity contribution in [1.82, 2.24) is 4.90 Å². The van der Waals surface area contributed by atoms with E-state index in [2.05, 4.69) is 0 Å². The summed E-state index contributed by atoms with van der Waals surface area (Å²) >= 11 is 1.45. The van der Waals surface area contributed by atoms with Crippen LogP contribution in [0.5, 0.6) is 0 Å². The van der Waals surface area contributed by atoms with E-state index in [9.17, 15) is 14.9 Å². The van der Waals surface area contributed by atoms with Crippen LogP contribution in [0.2, 0.25) is 0 Å². The van der Waals surface area contributed by atoms with E-state index in [0.29, 0.717) is 30.5 Å². The number of carbonyl (C=O) groups excluding carboxylic acids is 1. The molecule has 8 heteroatoms. The van der Waals surface area contributed by atoms with Gasteiger partial charge in [-0.05, 0) is 42.9 Å². The monoisotopic (exact) mass is 419 g/mol. The zero-order chi connectivity index (χ0) is 19.0. The summed E-state index contributed by atoms with van der Waals surface area (Å²) in [7, 11) is 0. The van der Waals surface area contributed by atoms with Crippen molar-refractivity contribution in [2.45, 2.75) is 28.7 Å². The highest BCUT2D eigenvalue weighted by molar-refractivity contribution is 7.99. The summed E-state index contributed by atoms with van der Waals surface area (Å²) in [5.74, 6) is 0.657. The predicted molar refractivity (Wildman–Crippen MR) is 111 cm³/mol. The highest BCUT2D eigenvalue weighted by atomic mass is 35.5. The number of likely N-dealkylation sites (tertiary alicyclic amines) is 1. The first-order chi connectivity index (χ1) is 13.0. The molecule has 2 aromatic rings. The molecule has 1 heterocycles. The molecular formula is C20H22ClN3O3S. The summed E-state index contributed by atoms with van der Waals surface area (Å²) in [5.41, 5.74) is 6.52. The van der Waals surface area contributed by atoms with E-state index in [1.165, 1.54) is 23.9 Å². The van der Waals surface area contributed by atoms with Crippen LogP contribution in [0.3, 0.4) is 0 Å². The van der Waals surface area contributed by atoms with Crippen molar-refractivity contribution in [3.05, 3.63) is 64.2 Å². The molecule has 1 aliphatic heterocycles. The Morgan fingerprint density at radius 3 is 2.57 bits per heavy atom. The normalized spacial score (nSPS) is 23.2. The number of hydrogen-bond acceptors (Lipinski definition) is 5. The van der Waals surface area contributed by atoms with Gasteiger partial charge >= 0.3 is 0 Å². The predicted octanol–water partition coefficient (Wildman–Crippen LogP) is 3.98. The van der Waals surface area contributed by atoms with E-state index in [1.54, 1.807) is 6.07 Å². The van der Waals surface area contributed by atoms with Gasteiger partial charge in [0, 0.05) is 41.1 Å². The zero-order valence-electron chi connectivity index (χ0n) is 15.2. The lowest BCUT2D eigenvalue weighted by molar-refractivity contribution is -0.384. The van der Waals surface area contributed by atoms with Crippen LogP contribution >= 0.6 is 24.2 Å². The number of nitro benzene ring substituents is 1. The van der Waals surface area contributed by atoms with Crippen molar-refractivity contribution in [3.63, 3.8) is 0 Å². The van der Waals surface area contributed by atoms with E-state index in [0.717, 1.165) is 22.6 Å². The van der Waals surface area contributed by atoms with Gasteiger partial charge in [0.05, 0.1) is 10.5 Å². The Kier molecular flexibility index (Phi) is 6.27. The van der Waals surface area contributed by atoms with Gasteiger partial charge in [-0.1, -0.05) is 30.0 Å². The summed E-state index contributed by atoms with van der Waals surface area (Å²) in [6, 6.07) is 14.4. The molecule has 0 bridgehead atoms. The molecule has 1 saturated carbocycles. The van der Waals surface area contributed by atoms with Gasteiger partial charge in [-0.2, -0.15) is 0 Å². The first kappa shape index (κ1) is 20.6. The van der Waals surface area contributed by atoms with Gasteiger partial charge in [-0.3, -0.25) is 14.9 Å². The number of non-ortho nitro benzene ring substituents is 1. The molecule has 1 saturated heterocycles. The Hall–Kier alpha value is -2.09. The van der Waals surface area contributed by atoms with Gasteiger partial charge in [0.1, 0.15) is 0 Å². The number of carbonyl (C=O) groups is 1. The standard InChI is InChI=1S/C20H21N3O3S.ClH/c21-18-8-6-13-11-22(12-17(13)18)20(24)16-10-14(23(25)26)7-9-19(16)27-15-4-2-1-3-5-15;/h1-5,7,9-10,13,17-18H,6,8,11-12,21H2;1H. The second-order valence-corrected chi connectivity index (χ2v) is 8.34. The Balaban J connectivity index is 0.00000225. The molecule has 0 aromatic heterocycles. The van der Waals surface area contributed by atoms with Crippen molar-refractivity contribution >= 4 is 35.8 Å². The van der Waals surface area contributed by atoms with Crippen LogP contribution < -0.4 is 5.73 Å². The second kappa shape index (κ2) is 8.51. The van der Waals surface area contributed by atoms with Crippen molar-refractivity contribution in [3.8, 4) is 0 Å². The van der Waals surface area contributed by atoms with Crippen LogP contribution in [-0.2, 0) is 0 Å². The van der Waals surface area contributed by atoms with Crippen molar-refractivity contribution in [2.75, 3.05) is 13.1 Å². The lowest BCUT2D eigenvalue weighted by Gasteiger charge is -2.20. The number of nitrogens with two attached hydrogens (primary N) is 1. The molecule has 0 radical (unpaired) electrons. The third-order valence-corrected chi connectivity index (χ3v) is 6.66. The van der Waals surface area contributed by atoms with Crippen LogP contribution in [0.4, 0.5) is 5.69 Å². The van der Waals surface area contributed by atoms with E-state index < -0.39 is 4.92 Å². The minimum Gasteiger partial charge on any atom is -0.338 e. The number of amides is 1. The van der Waals surface area contributed by atoms with Crippen LogP contribution in [0.15, 0.2) is 58.3 Å². The van der Waals surface area contributed by atoms with Crippen molar-refractivity contribution in [2.24, 2.45) is 17.6 Å². The number of nitrogens with zero attached hydrogens (tertiary/aromatic N) is 2. The number of rotatable bonds is 4. The van der Waals surface area contributed by atoms with Gasteiger partial charge in [0.15, 0.2) is 0 Å². The molecule has 1 aliphatic carbocycles. The molecule has 4 rings (SSSR count). The van der Waals surface area contributed by atoms with E-state index in [4.69, 9.17) is 5.73 Å². The van der Waals surface area contributed by atoms with Gasteiger partial charge in [0.25, 0.3) is 11.6 Å². The average Bonchev–Trinajstić information content (AvgIpc) is 3.24. The number of hydrogen-bond donors (Lipinski definition) is 1. The van der Waals surface area contributed by atoms with E-state index in [1.807, 2.05) is 35.2 Å². The zero-order valence-corrected chi connectivity index (χ0v) is 16.8. The first-order valence-corrected chi connectivity index (χ1v) is 9.91. The molecule has 2 N–H and O–H groups in total. The van der Waals surface area contributed by atoms with Crippen LogP contribution in [0.25, 0.3) is 0 Å². The molecule has 6 nitrogen and oxygen atoms in total. The van der Waals surface area contributed by atoms with Gasteiger partial charge < -0.3 is 10.6 Å². The molecule has 3 unspecified atom stereocenters. The largest absolute Gasteiger partial charge is 0.338 e. The maximum Gasteiger partial charge on any atom is 0.270 e. The van der Waals surface area contributed by atoms with Gasteiger partial charge in [-0.25, -0.2) is 0 Å². The average molecular weight is 420 g/mol. The number of fused-ring (bicyclic) bond motifs is 1. The summed E-state index contributed by atoms with van der Waals surface area (Å²) in [5, 5.41) is 11.2. The summed E-state index contributed by atoms with van der Waals surface area (Å²) in [6.07, 6.45) is 2.07. The molecule has 1 amide bonds. The van der Waals surface area contributed by atoms with Crippen LogP contribution in [0.1, 0.15) is 23.2 Å². The fourth-order valence-electron chi connectivity index (χ4n) is 4.15. The molecular weight excluding hydrogens is 398 g/mol. The molecule has 28 heavy (non-hydrogen) atoms. The Morgan fingerprint density at radius 2 is 1.89 bits per heavy atom. The number of halogens is 1. The van der Waals surface area contributed by atoms with Crippen molar-refractivity contribution < 1.29 is 9.72 Å². The SMILES string of the molecule is Cl.NC1CCC2CN(C(=O)c3cc([N+](=O)[O-])ccc3Sc3ccccc3)CC12. The lowest BCUT2D eigenvalue weighted by Crippen LogP contribution is -2.33. The lowest BCUT2D eigenvalue weighted by atomic mass is 9.98. The van der Waals surface area contributed by atoms with Gasteiger partial charge in [-0.15, -0.1) is 12.4 Å². The molecule has 2 fully saturated rings. The Bertz CT molecular complexity index is 880. The summed E-state index contributed by atoms with van der Waals surface area (Å²) in [6.45, 7) is 1.33. The van der Waals surface area contributed by atoms with Crippen LogP contribution in [0, 0.1) is 22.0 Å². The third-order valence-electron chi connectivity index (χ3n) is 5.57. The van der Waals surface area contributed by atoms with Crippen molar-refractivity contribution in [1.29, 1.82) is 0 Å². The summed E-state index contributed by atoms with van der Waals surface area (Å²) in [4.78, 5) is 27.5. The molecule has 2 aliphatic rings. The molecule has 3 atom stereocenters. The molecule has 148 valence electrons. The van der Waals surface area contributed by atoms with Gasteiger partial charge in [0.2, 0.25) is 0 Å². The topological polar surface area (TPSA) is 89.5 Å². The first-order valence-electron chi connectivity index (χ1n) is 9.09. The minimum absolute atomic E-state index is 0. The second-order valence-electron chi connectivity index (χ2n) is 7.23. The minimum atomic E-state index is -0.456. The Morgan fingerprint density at radius 1 is 1.14 bits per heavy atom. The number of benzene rings is 2. The van der Waals surface area contributed by atoms with E-state index >= 15 is 0 Å². The fourth-order valence-corrected chi connectivity index (χ4v) is 5.09. The number of nitro groups is 1. The maximum atomic E-state index is 13.2. The fraction of sp³-hybridized carbons (Fsp3) is 0.350. The highest BCUT2D eigenvalue weighted by Gasteiger charge is 2.43. The molecule has 0 spiro atoms. The van der Waals surface area contributed by atoms with Crippen LogP contribution in [-0.4, -0.2) is 34.9 Å². The Labute approximate surface area is 174 Å². The van der Waals surface area contributed by atoms with E-state index in [-0.39, 0.29) is 30.0 Å². The highest BCUT2D eigenvalue weighted by Crippen LogP contribution is 2.39. The quantitative estimate of drug-likeness (QED) is 0.598. The third kappa shape index (κ3) is 4.01. The maximum absolute atomic E-state index is 13.2.